The molecule has 1 aromatic carbocycles. The standard InChI is InChI=1S/C20H28N6/c1-24(12-16-7-4-6-15-10-21-23-19(15)16)13-17-8-5-9-25(2)20(17)18-11-22-26(3)14-18/h4,6-7,10-11,14,17,20H,5,8-9,12-13H2,1-3H3,(H,21,23)/t17-,20+/m0/s1. The molecule has 1 aliphatic rings. The van der Waals surface area contributed by atoms with Crippen molar-refractivity contribution < 1.29 is 0 Å². The summed E-state index contributed by atoms with van der Waals surface area (Å²) in [7, 11) is 6.47. The molecule has 0 bridgehead atoms. The first-order valence-electron chi connectivity index (χ1n) is 9.40. The monoisotopic (exact) mass is 352 g/mol. The lowest BCUT2D eigenvalue weighted by Gasteiger charge is -2.40. The van der Waals surface area contributed by atoms with Crippen molar-refractivity contribution in [3.63, 3.8) is 0 Å². The summed E-state index contributed by atoms with van der Waals surface area (Å²) in [5.41, 5.74) is 3.80. The molecule has 0 radical (unpaired) electrons. The number of rotatable bonds is 5. The highest BCUT2D eigenvalue weighted by atomic mass is 15.3. The van der Waals surface area contributed by atoms with Gasteiger partial charge in [0, 0.05) is 43.3 Å². The molecule has 1 fully saturated rings. The predicted octanol–water partition coefficient (Wildman–Crippen LogP) is 2.81. The number of H-pyrrole nitrogens is 1. The number of fused-ring (bicyclic) bond motifs is 1. The minimum absolute atomic E-state index is 0.447. The quantitative estimate of drug-likeness (QED) is 0.767. The fourth-order valence-corrected chi connectivity index (χ4v) is 4.49. The van der Waals surface area contributed by atoms with E-state index in [-0.39, 0.29) is 0 Å². The third-order valence-corrected chi connectivity index (χ3v) is 5.62. The lowest BCUT2D eigenvalue weighted by Crippen LogP contribution is -2.40. The van der Waals surface area contributed by atoms with Crippen molar-refractivity contribution in [3.8, 4) is 0 Å². The molecule has 0 saturated carbocycles. The van der Waals surface area contributed by atoms with Crippen molar-refractivity contribution >= 4 is 10.9 Å². The van der Waals surface area contributed by atoms with E-state index >= 15 is 0 Å². The number of likely N-dealkylation sites (tertiary alicyclic amines) is 1. The van der Waals surface area contributed by atoms with Crippen LogP contribution in [0.15, 0.2) is 36.8 Å². The number of nitrogens with one attached hydrogen (secondary N) is 1. The summed E-state index contributed by atoms with van der Waals surface area (Å²) in [5.74, 6) is 0.615. The minimum atomic E-state index is 0.447. The molecule has 0 aliphatic carbocycles. The van der Waals surface area contributed by atoms with Gasteiger partial charge in [-0.05, 0) is 45.0 Å². The molecule has 0 unspecified atom stereocenters. The summed E-state index contributed by atoms with van der Waals surface area (Å²) in [6.07, 6.45) is 8.63. The number of aryl methyl sites for hydroxylation is 1. The smallest absolute Gasteiger partial charge is 0.0695 e. The largest absolute Gasteiger partial charge is 0.302 e. The van der Waals surface area contributed by atoms with Gasteiger partial charge < -0.3 is 4.90 Å². The maximum Gasteiger partial charge on any atom is 0.0695 e. The molecule has 2 aromatic heterocycles. The van der Waals surface area contributed by atoms with Crippen LogP contribution in [0.1, 0.15) is 30.0 Å². The van der Waals surface area contributed by atoms with E-state index in [4.69, 9.17) is 0 Å². The molecule has 3 heterocycles. The fraction of sp³-hybridized carbons (Fsp3) is 0.500. The highest BCUT2D eigenvalue weighted by Gasteiger charge is 2.32. The minimum Gasteiger partial charge on any atom is -0.302 e. The van der Waals surface area contributed by atoms with Crippen LogP contribution in [0.3, 0.4) is 0 Å². The second-order valence-corrected chi connectivity index (χ2v) is 7.72. The average Bonchev–Trinajstić information content (AvgIpc) is 3.24. The molecule has 6 nitrogen and oxygen atoms in total. The molecule has 2 atom stereocenters. The SMILES string of the molecule is CN(Cc1cccc2cn[nH]c12)C[C@@H]1CCCN(C)[C@H]1c1cnn(C)c1. The molecule has 0 amide bonds. The van der Waals surface area contributed by atoms with E-state index in [2.05, 4.69) is 63.6 Å². The summed E-state index contributed by atoms with van der Waals surface area (Å²) in [6, 6.07) is 6.87. The van der Waals surface area contributed by atoms with Crippen molar-refractivity contribution in [2.75, 3.05) is 27.2 Å². The van der Waals surface area contributed by atoms with Gasteiger partial charge in [0.25, 0.3) is 0 Å². The first-order valence-corrected chi connectivity index (χ1v) is 9.40. The van der Waals surface area contributed by atoms with Gasteiger partial charge in [0.2, 0.25) is 0 Å². The zero-order chi connectivity index (χ0) is 18.1. The van der Waals surface area contributed by atoms with Crippen molar-refractivity contribution in [3.05, 3.63) is 47.9 Å². The van der Waals surface area contributed by atoms with Gasteiger partial charge in [0.1, 0.15) is 0 Å². The molecule has 6 heteroatoms. The highest BCUT2D eigenvalue weighted by molar-refractivity contribution is 5.81. The molecular formula is C20H28N6. The predicted molar refractivity (Wildman–Crippen MR) is 104 cm³/mol. The van der Waals surface area contributed by atoms with Gasteiger partial charge in [-0.1, -0.05) is 18.2 Å². The molecule has 1 saturated heterocycles. The Kier molecular flexibility index (Phi) is 4.78. The number of piperidine rings is 1. The Bertz CT molecular complexity index is 866. The summed E-state index contributed by atoms with van der Waals surface area (Å²) in [6.45, 7) is 3.17. The average molecular weight is 352 g/mol. The molecule has 1 aliphatic heterocycles. The van der Waals surface area contributed by atoms with Crippen LogP contribution < -0.4 is 0 Å². The van der Waals surface area contributed by atoms with Gasteiger partial charge in [-0.3, -0.25) is 14.7 Å². The third-order valence-electron chi connectivity index (χ3n) is 5.62. The van der Waals surface area contributed by atoms with E-state index in [1.165, 1.54) is 29.4 Å². The summed E-state index contributed by atoms with van der Waals surface area (Å²) in [5, 5.41) is 12.9. The van der Waals surface area contributed by atoms with E-state index in [0.29, 0.717) is 12.0 Å². The highest BCUT2D eigenvalue weighted by Crippen LogP contribution is 2.35. The molecule has 4 rings (SSSR count). The zero-order valence-corrected chi connectivity index (χ0v) is 15.9. The number of aromatic amines is 1. The molecule has 0 spiro atoms. The number of para-hydroxylation sites is 1. The Morgan fingerprint density at radius 1 is 1.27 bits per heavy atom. The third kappa shape index (κ3) is 3.39. The summed E-state index contributed by atoms with van der Waals surface area (Å²) >= 11 is 0. The van der Waals surface area contributed by atoms with Gasteiger partial charge in [0.15, 0.2) is 0 Å². The topological polar surface area (TPSA) is 53.0 Å². The second kappa shape index (κ2) is 7.21. The first kappa shape index (κ1) is 17.2. The van der Waals surface area contributed by atoms with Crippen LogP contribution in [0.5, 0.6) is 0 Å². The Morgan fingerprint density at radius 2 is 2.15 bits per heavy atom. The van der Waals surface area contributed by atoms with Crippen LogP contribution in [-0.2, 0) is 13.6 Å². The van der Waals surface area contributed by atoms with Crippen LogP contribution in [0.25, 0.3) is 10.9 Å². The number of hydrogen-bond donors (Lipinski definition) is 1. The van der Waals surface area contributed by atoms with Crippen molar-refractivity contribution in [1.29, 1.82) is 0 Å². The molecule has 1 N–H and O–H groups in total. The molecule has 3 aromatic rings. The van der Waals surface area contributed by atoms with Crippen molar-refractivity contribution in [1.82, 2.24) is 29.8 Å². The van der Waals surface area contributed by atoms with Crippen molar-refractivity contribution in [2.45, 2.75) is 25.4 Å². The number of aromatic nitrogens is 4. The van der Waals surface area contributed by atoms with Crippen molar-refractivity contribution in [2.24, 2.45) is 13.0 Å². The van der Waals surface area contributed by atoms with Gasteiger partial charge in [-0.25, -0.2) is 0 Å². The summed E-state index contributed by atoms with van der Waals surface area (Å²) in [4.78, 5) is 4.94. The van der Waals surface area contributed by atoms with Gasteiger partial charge in [0.05, 0.1) is 17.9 Å². The van der Waals surface area contributed by atoms with Crippen LogP contribution in [0.2, 0.25) is 0 Å². The van der Waals surface area contributed by atoms with Crippen LogP contribution in [0, 0.1) is 5.92 Å². The second-order valence-electron chi connectivity index (χ2n) is 7.72. The van der Waals surface area contributed by atoms with Crippen LogP contribution >= 0.6 is 0 Å². The van der Waals surface area contributed by atoms with E-state index in [9.17, 15) is 0 Å². The Labute approximate surface area is 154 Å². The summed E-state index contributed by atoms with van der Waals surface area (Å²) < 4.78 is 1.91. The maximum atomic E-state index is 4.40. The number of hydrogen-bond acceptors (Lipinski definition) is 4. The number of benzene rings is 1. The van der Waals surface area contributed by atoms with Gasteiger partial charge >= 0.3 is 0 Å². The van der Waals surface area contributed by atoms with E-state index in [1.807, 2.05) is 24.1 Å². The Morgan fingerprint density at radius 3 is 2.96 bits per heavy atom. The fourth-order valence-electron chi connectivity index (χ4n) is 4.49. The van der Waals surface area contributed by atoms with E-state index in [1.54, 1.807) is 0 Å². The molecule has 26 heavy (non-hydrogen) atoms. The molecular weight excluding hydrogens is 324 g/mol. The van der Waals surface area contributed by atoms with E-state index < -0.39 is 0 Å². The lowest BCUT2D eigenvalue weighted by molar-refractivity contribution is 0.0926. The normalized spacial score (nSPS) is 21.7. The van der Waals surface area contributed by atoms with Crippen LogP contribution in [-0.4, -0.2) is 57.0 Å². The Balaban J connectivity index is 1.50. The maximum absolute atomic E-state index is 4.40. The van der Waals surface area contributed by atoms with E-state index in [0.717, 1.165) is 25.2 Å². The first-order chi connectivity index (χ1) is 12.6. The Hall–Kier alpha value is -2.18. The van der Waals surface area contributed by atoms with Crippen LogP contribution in [0.4, 0.5) is 0 Å². The van der Waals surface area contributed by atoms with Gasteiger partial charge in [-0.2, -0.15) is 10.2 Å². The molecule has 138 valence electrons. The lowest BCUT2D eigenvalue weighted by atomic mass is 9.85. The zero-order valence-electron chi connectivity index (χ0n) is 15.9. The number of nitrogens with zero attached hydrogens (tertiary/aromatic N) is 5. The van der Waals surface area contributed by atoms with Gasteiger partial charge in [-0.15, -0.1) is 0 Å².